The number of amides is 2. The minimum Gasteiger partial charge on any atom is -0.381 e. The summed E-state index contributed by atoms with van der Waals surface area (Å²) in [6.07, 6.45) is 4.23. The molecule has 2 fully saturated rings. The molecule has 2 bridgehead atoms. The number of nitrogens with zero attached hydrogens (tertiary/aromatic N) is 3. The largest absolute Gasteiger partial charge is 0.381 e. The molecule has 7 heteroatoms. The molecule has 1 aromatic heterocycles. The maximum atomic E-state index is 13.3. The SMILES string of the molecule is CCCNC(=O)N1C[C@@H]2C[C@H](C1)c1ccc(CN(C)CC3CCOCC3)c(=O)n1C2. The Labute approximate surface area is 179 Å². The Morgan fingerprint density at radius 3 is 2.80 bits per heavy atom. The van der Waals surface area contributed by atoms with Crippen LogP contribution in [0.2, 0.25) is 0 Å². The molecule has 1 N–H and O–H groups in total. The quantitative estimate of drug-likeness (QED) is 0.772. The van der Waals surface area contributed by atoms with Crippen LogP contribution in [0.25, 0.3) is 0 Å². The molecule has 3 aliphatic rings. The van der Waals surface area contributed by atoms with Crippen LogP contribution in [0.3, 0.4) is 0 Å². The fraction of sp³-hybridized carbons (Fsp3) is 0.739. The maximum absolute atomic E-state index is 13.3. The van der Waals surface area contributed by atoms with Crippen LogP contribution in [0.5, 0.6) is 0 Å². The summed E-state index contributed by atoms with van der Waals surface area (Å²) in [5.74, 6) is 1.27. The van der Waals surface area contributed by atoms with Crippen molar-refractivity contribution in [2.24, 2.45) is 11.8 Å². The molecule has 30 heavy (non-hydrogen) atoms. The number of likely N-dealkylation sites (tertiary alicyclic amines) is 1. The zero-order valence-corrected chi connectivity index (χ0v) is 18.4. The van der Waals surface area contributed by atoms with Gasteiger partial charge in [0.2, 0.25) is 0 Å². The van der Waals surface area contributed by atoms with E-state index in [-0.39, 0.29) is 17.5 Å². The number of fused-ring (bicyclic) bond motifs is 4. The zero-order chi connectivity index (χ0) is 21.1. The van der Waals surface area contributed by atoms with Gasteiger partial charge in [-0.15, -0.1) is 0 Å². The Bertz CT molecular complexity index is 802. The summed E-state index contributed by atoms with van der Waals surface area (Å²) >= 11 is 0. The molecular formula is C23H36N4O3. The van der Waals surface area contributed by atoms with Crippen molar-refractivity contribution in [1.82, 2.24) is 19.7 Å². The lowest BCUT2D eigenvalue weighted by Crippen LogP contribution is -2.52. The first-order valence-corrected chi connectivity index (χ1v) is 11.6. The Morgan fingerprint density at radius 2 is 2.03 bits per heavy atom. The van der Waals surface area contributed by atoms with Crippen LogP contribution >= 0.6 is 0 Å². The fourth-order valence-electron chi connectivity index (χ4n) is 5.35. The number of carbonyl (C=O) groups is 1. The Balaban J connectivity index is 1.44. The third kappa shape index (κ3) is 4.72. The van der Waals surface area contributed by atoms with Gasteiger partial charge in [-0.05, 0) is 50.6 Å². The van der Waals surface area contributed by atoms with Gasteiger partial charge < -0.3 is 24.4 Å². The number of rotatable bonds is 6. The summed E-state index contributed by atoms with van der Waals surface area (Å²) in [4.78, 5) is 29.9. The summed E-state index contributed by atoms with van der Waals surface area (Å²) in [5, 5.41) is 3.00. The van der Waals surface area contributed by atoms with Crippen molar-refractivity contribution in [3.05, 3.63) is 33.7 Å². The second kappa shape index (κ2) is 9.52. The molecule has 0 aromatic carbocycles. The minimum atomic E-state index is 0.0358. The van der Waals surface area contributed by atoms with Crippen LogP contribution in [0, 0.1) is 11.8 Å². The maximum Gasteiger partial charge on any atom is 0.317 e. The first-order valence-electron chi connectivity index (χ1n) is 11.6. The van der Waals surface area contributed by atoms with E-state index in [1.165, 1.54) is 0 Å². The topological polar surface area (TPSA) is 66.8 Å². The van der Waals surface area contributed by atoms with Crippen LogP contribution in [-0.4, -0.2) is 66.8 Å². The number of urea groups is 1. The average molecular weight is 417 g/mol. The molecule has 4 heterocycles. The van der Waals surface area contributed by atoms with Crippen molar-refractivity contribution >= 4 is 6.03 Å². The number of ether oxygens (including phenoxy) is 1. The van der Waals surface area contributed by atoms with Crippen molar-refractivity contribution in [2.45, 2.75) is 51.6 Å². The lowest BCUT2D eigenvalue weighted by Gasteiger charge is -2.42. The molecule has 2 amide bonds. The Hall–Kier alpha value is -1.86. The van der Waals surface area contributed by atoms with E-state index >= 15 is 0 Å². The number of nitrogens with one attached hydrogen (secondary N) is 1. The average Bonchev–Trinajstić information content (AvgIpc) is 2.75. The zero-order valence-electron chi connectivity index (χ0n) is 18.4. The van der Waals surface area contributed by atoms with Gasteiger partial charge in [-0.1, -0.05) is 13.0 Å². The van der Waals surface area contributed by atoms with Gasteiger partial charge >= 0.3 is 6.03 Å². The number of piperidine rings is 1. The number of hydrogen-bond acceptors (Lipinski definition) is 4. The van der Waals surface area contributed by atoms with E-state index < -0.39 is 0 Å². The lowest BCUT2D eigenvalue weighted by molar-refractivity contribution is 0.0549. The number of pyridine rings is 1. The molecule has 166 valence electrons. The predicted molar refractivity (Wildman–Crippen MR) is 117 cm³/mol. The van der Waals surface area contributed by atoms with Crippen LogP contribution in [0.4, 0.5) is 4.79 Å². The Kier molecular flexibility index (Phi) is 6.78. The van der Waals surface area contributed by atoms with Gasteiger partial charge in [0.1, 0.15) is 0 Å². The Morgan fingerprint density at radius 1 is 1.23 bits per heavy atom. The van der Waals surface area contributed by atoms with Gasteiger partial charge in [-0.2, -0.15) is 0 Å². The van der Waals surface area contributed by atoms with Gasteiger partial charge in [-0.3, -0.25) is 4.79 Å². The summed E-state index contributed by atoms with van der Waals surface area (Å²) < 4.78 is 7.46. The third-order valence-electron chi connectivity index (χ3n) is 6.85. The predicted octanol–water partition coefficient (Wildman–Crippen LogP) is 2.25. The van der Waals surface area contributed by atoms with E-state index in [1.807, 2.05) is 15.5 Å². The van der Waals surface area contributed by atoms with E-state index in [0.717, 1.165) is 69.8 Å². The summed E-state index contributed by atoms with van der Waals surface area (Å²) in [6.45, 7) is 8.36. The van der Waals surface area contributed by atoms with Gasteiger partial charge in [-0.25, -0.2) is 4.79 Å². The molecule has 1 aromatic rings. The van der Waals surface area contributed by atoms with Gasteiger partial charge in [0.05, 0.1) is 0 Å². The number of carbonyl (C=O) groups excluding carboxylic acids is 1. The van der Waals surface area contributed by atoms with Crippen molar-refractivity contribution in [3.63, 3.8) is 0 Å². The normalized spacial score (nSPS) is 24.0. The van der Waals surface area contributed by atoms with E-state index in [1.54, 1.807) is 0 Å². The molecule has 0 saturated carbocycles. The van der Waals surface area contributed by atoms with Crippen molar-refractivity contribution in [2.75, 3.05) is 46.4 Å². The molecule has 0 aliphatic carbocycles. The van der Waals surface area contributed by atoms with E-state index in [9.17, 15) is 9.59 Å². The number of hydrogen-bond donors (Lipinski definition) is 1. The first-order chi connectivity index (χ1) is 14.5. The highest BCUT2D eigenvalue weighted by molar-refractivity contribution is 5.74. The highest BCUT2D eigenvalue weighted by atomic mass is 16.5. The van der Waals surface area contributed by atoms with Crippen LogP contribution in [0.1, 0.15) is 49.8 Å². The van der Waals surface area contributed by atoms with Crippen LogP contribution < -0.4 is 10.9 Å². The molecule has 2 saturated heterocycles. The molecule has 3 aliphatic heterocycles. The summed E-state index contributed by atoms with van der Waals surface area (Å²) in [6, 6.07) is 4.19. The standard InChI is InChI=1S/C23H36N4O3/c1-3-8-24-23(29)26-13-18-11-20(16-26)21-5-4-19(22(28)27(21)14-18)15-25(2)12-17-6-9-30-10-7-17/h4-5,17-18,20H,3,6-16H2,1-2H3,(H,24,29)/t18-,20+/m0/s1. The lowest BCUT2D eigenvalue weighted by atomic mass is 9.83. The third-order valence-corrected chi connectivity index (χ3v) is 6.85. The molecule has 0 unspecified atom stereocenters. The first kappa shape index (κ1) is 21.4. The van der Waals surface area contributed by atoms with Gasteiger partial charge in [0, 0.05) is 69.7 Å². The number of aromatic nitrogens is 1. The monoisotopic (exact) mass is 416 g/mol. The molecule has 0 radical (unpaired) electrons. The highest BCUT2D eigenvalue weighted by Gasteiger charge is 2.36. The van der Waals surface area contributed by atoms with Gasteiger partial charge in [0.15, 0.2) is 0 Å². The van der Waals surface area contributed by atoms with Crippen molar-refractivity contribution in [1.29, 1.82) is 0 Å². The van der Waals surface area contributed by atoms with Crippen molar-refractivity contribution in [3.8, 4) is 0 Å². The summed E-state index contributed by atoms with van der Waals surface area (Å²) in [7, 11) is 2.11. The fourth-order valence-corrected chi connectivity index (χ4v) is 5.35. The highest BCUT2D eigenvalue weighted by Crippen LogP contribution is 2.35. The second-order valence-corrected chi connectivity index (χ2v) is 9.39. The molecular weight excluding hydrogens is 380 g/mol. The minimum absolute atomic E-state index is 0.0358. The molecule has 4 rings (SSSR count). The van der Waals surface area contributed by atoms with E-state index in [2.05, 4.69) is 30.3 Å². The van der Waals surface area contributed by atoms with E-state index in [4.69, 9.17) is 4.74 Å². The second-order valence-electron chi connectivity index (χ2n) is 9.39. The molecule has 2 atom stereocenters. The van der Waals surface area contributed by atoms with Crippen LogP contribution in [-0.2, 0) is 17.8 Å². The smallest absolute Gasteiger partial charge is 0.317 e. The molecule has 7 nitrogen and oxygen atoms in total. The van der Waals surface area contributed by atoms with Gasteiger partial charge in [0.25, 0.3) is 5.56 Å². The van der Waals surface area contributed by atoms with E-state index in [0.29, 0.717) is 31.5 Å². The molecule has 0 spiro atoms. The summed E-state index contributed by atoms with van der Waals surface area (Å²) in [5.41, 5.74) is 2.14. The van der Waals surface area contributed by atoms with Crippen LogP contribution in [0.15, 0.2) is 16.9 Å². The van der Waals surface area contributed by atoms with Crippen molar-refractivity contribution < 1.29 is 9.53 Å².